The summed E-state index contributed by atoms with van der Waals surface area (Å²) in [7, 11) is 0. The molecule has 0 spiro atoms. The second-order valence-electron chi connectivity index (χ2n) is 8.94. The zero-order chi connectivity index (χ0) is 21.5. The Bertz CT molecular complexity index is 1100. The Labute approximate surface area is 178 Å². The summed E-state index contributed by atoms with van der Waals surface area (Å²) in [4.78, 5) is 26.4. The Hall–Kier alpha value is -3.15. The minimum atomic E-state index is -0.376. The molecule has 1 aromatic heterocycles. The predicted octanol–water partition coefficient (Wildman–Crippen LogP) is 4.25. The minimum Gasteiger partial charge on any atom is -0.507 e. The van der Waals surface area contributed by atoms with E-state index in [1.54, 1.807) is 12.1 Å². The SMILES string of the molecule is Cc1ccc2c(N3CCN(C(=O)C(C)(C)C)CC3)nc(-c3ccccc3O)nc2c1.[HH]. The number of piperazine rings is 1. The van der Waals surface area contributed by atoms with Crippen LogP contribution in [0.2, 0.25) is 0 Å². The van der Waals surface area contributed by atoms with Crippen LogP contribution in [0, 0.1) is 12.3 Å². The van der Waals surface area contributed by atoms with E-state index >= 15 is 0 Å². The molecule has 2 aromatic carbocycles. The number of fused-ring (bicyclic) bond motifs is 1. The van der Waals surface area contributed by atoms with Crippen molar-refractivity contribution in [2.75, 3.05) is 31.1 Å². The van der Waals surface area contributed by atoms with Gasteiger partial charge in [-0.2, -0.15) is 0 Å². The molecular formula is C24H30N4O2. The molecule has 0 atom stereocenters. The third-order valence-electron chi connectivity index (χ3n) is 5.49. The smallest absolute Gasteiger partial charge is 0.228 e. The number of rotatable bonds is 2. The lowest BCUT2D eigenvalue weighted by molar-refractivity contribution is -0.139. The van der Waals surface area contributed by atoms with E-state index in [1.165, 1.54) is 0 Å². The van der Waals surface area contributed by atoms with Crippen molar-refractivity contribution in [3.63, 3.8) is 0 Å². The molecule has 6 heteroatoms. The molecule has 1 aliphatic heterocycles. The van der Waals surface area contributed by atoms with Crippen molar-refractivity contribution in [2.45, 2.75) is 27.7 Å². The third-order valence-corrected chi connectivity index (χ3v) is 5.49. The molecule has 2 heterocycles. The van der Waals surface area contributed by atoms with Gasteiger partial charge in [-0.05, 0) is 36.8 Å². The van der Waals surface area contributed by atoms with E-state index in [1.807, 2.05) is 50.8 Å². The monoisotopic (exact) mass is 406 g/mol. The summed E-state index contributed by atoms with van der Waals surface area (Å²) < 4.78 is 0. The average Bonchev–Trinajstić information content (AvgIpc) is 2.72. The number of hydrogen-bond donors (Lipinski definition) is 1. The number of hydrogen-bond acceptors (Lipinski definition) is 5. The number of carbonyl (C=O) groups excluding carboxylic acids is 1. The normalized spacial score (nSPS) is 14.9. The molecule has 1 amide bonds. The first-order chi connectivity index (χ1) is 14.2. The minimum absolute atomic E-state index is 0. The van der Waals surface area contributed by atoms with Crippen molar-refractivity contribution in [3.05, 3.63) is 48.0 Å². The summed E-state index contributed by atoms with van der Waals surface area (Å²) >= 11 is 0. The summed E-state index contributed by atoms with van der Waals surface area (Å²) in [6, 6.07) is 13.3. The number of phenols is 1. The van der Waals surface area contributed by atoms with E-state index in [2.05, 4.69) is 17.0 Å². The second-order valence-corrected chi connectivity index (χ2v) is 8.94. The molecule has 0 radical (unpaired) electrons. The van der Waals surface area contributed by atoms with Crippen LogP contribution in [0.15, 0.2) is 42.5 Å². The largest absolute Gasteiger partial charge is 0.507 e. The molecule has 1 aliphatic rings. The van der Waals surface area contributed by atoms with Crippen molar-refractivity contribution in [2.24, 2.45) is 5.41 Å². The molecule has 1 saturated heterocycles. The summed E-state index contributed by atoms with van der Waals surface area (Å²) in [5.41, 5.74) is 2.21. The van der Waals surface area contributed by atoms with Gasteiger partial charge in [0.15, 0.2) is 5.82 Å². The topological polar surface area (TPSA) is 69.6 Å². The fourth-order valence-corrected chi connectivity index (χ4v) is 3.84. The molecule has 1 fully saturated rings. The van der Waals surface area contributed by atoms with Gasteiger partial charge in [0.25, 0.3) is 0 Å². The first kappa shape index (κ1) is 20.1. The number of aryl methyl sites for hydroxylation is 1. The van der Waals surface area contributed by atoms with Crippen molar-refractivity contribution < 1.29 is 11.3 Å². The molecule has 0 saturated carbocycles. The lowest BCUT2D eigenvalue weighted by atomic mass is 9.94. The molecular weight excluding hydrogens is 376 g/mol. The van der Waals surface area contributed by atoms with Crippen LogP contribution in [0.5, 0.6) is 5.75 Å². The Balaban J connectivity index is 0.00000272. The zero-order valence-electron chi connectivity index (χ0n) is 18.0. The third kappa shape index (κ3) is 3.82. The van der Waals surface area contributed by atoms with E-state index in [0.717, 1.165) is 22.3 Å². The van der Waals surface area contributed by atoms with Gasteiger partial charge in [0.2, 0.25) is 5.91 Å². The summed E-state index contributed by atoms with van der Waals surface area (Å²) in [6.07, 6.45) is 0. The van der Waals surface area contributed by atoms with Crippen molar-refractivity contribution >= 4 is 22.6 Å². The second kappa shape index (κ2) is 7.59. The van der Waals surface area contributed by atoms with Crippen LogP contribution in [-0.4, -0.2) is 52.1 Å². The lowest BCUT2D eigenvalue weighted by Gasteiger charge is -2.38. The van der Waals surface area contributed by atoms with E-state index in [9.17, 15) is 9.90 Å². The number of carbonyl (C=O) groups is 1. The molecule has 3 aromatic rings. The van der Waals surface area contributed by atoms with Gasteiger partial charge in [-0.15, -0.1) is 0 Å². The Kier molecular flexibility index (Phi) is 5.10. The maximum absolute atomic E-state index is 12.6. The van der Waals surface area contributed by atoms with Crippen LogP contribution in [0.1, 0.15) is 27.8 Å². The van der Waals surface area contributed by atoms with Crippen LogP contribution >= 0.6 is 0 Å². The van der Waals surface area contributed by atoms with Crippen molar-refractivity contribution in [1.29, 1.82) is 0 Å². The molecule has 1 N–H and O–H groups in total. The van der Waals surface area contributed by atoms with Gasteiger partial charge >= 0.3 is 0 Å². The lowest BCUT2D eigenvalue weighted by Crippen LogP contribution is -2.52. The molecule has 0 unspecified atom stereocenters. The first-order valence-corrected chi connectivity index (χ1v) is 10.3. The first-order valence-electron chi connectivity index (χ1n) is 10.3. The van der Waals surface area contributed by atoms with Crippen molar-refractivity contribution in [1.82, 2.24) is 14.9 Å². The molecule has 0 bridgehead atoms. The van der Waals surface area contributed by atoms with Gasteiger partial charge in [0.1, 0.15) is 11.6 Å². The van der Waals surface area contributed by atoms with Gasteiger partial charge < -0.3 is 14.9 Å². The maximum Gasteiger partial charge on any atom is 0.228 e. The summed E-state index contributed by atoms with van der Waals surface area (Å²) in [5, 5.41) is 11.3. The predicted molar refractivity (Wildman–Crippen MR) is 122 cm³/mol. The number of nitrogens with zero attached hydrogens (tertiary/aromatic N) is 4. The average molecular weight is 407 g/mol. The highest BCUT2D eigenvalue weighted by molar-refractivity contribution is 5.92. The van der Waals surface area contributed by atoms with Crippen LogP contribution in [0.25, 0.3) is 22.3 Å². The number of aromatic nitrogens is 2. The van der Waals surface area contributed by atoms with Gasteiger partial charge in [0, 0.05) is 38.4 Å². The number of anilines is 1. The Morgan fingerprint density at radius 2 is 1.73 bits per heavy atom. The summed E-state index contributed by atoms with van der Waals surface area (Å²) in [6.45, 7) is 10.7. The molecule has 0 aliphatic carbocycles. The fraction of sp³-hybridized carbons (Fsp3) is 0.375. The highest BCUT2D eigenvalue weighted by Crippen LogP contribution is 2.32. The van der Waals surface area contributed by atoms with Crippen LogP contribution in [-0.2, 0) is 4.79 Å². The van der Waals surface area contributed by atoms with E-state index in [4.69, 9.17) is 9.97 Å². The number of aromatic hydroxyl groups is 1. The van der Waals surface area contributed by atoms with Crippen LogP contribution < -0.4 is 4.90 Å². The van der Waals surface area contributed by atoms with Crippen LogP contribution in [0.4, 0.5) is 5.82 Å². The van der Waals surface area contributed by atoms with E-state index in [-0.39, 0.29) is 18.5 Å². The molecule has 30 heavy (non-hydrogen) atoms. The molecule has 4 rings (SSSR count). The fourth-order valence-electron chi connectivity index (χ4n) is 3.84. The number of benzene rings is 2. The van der Waals surface area contributed by atoms with E-state index in [0.29, 0.717) is 37.6 Å². The van der Waals surface area contributed by atoms with Gasteiger partial charge in [-0.3, -0.25) is 4.79 Å². The molecule has 6 nitrogen and oxygen atoms in total. The van der Waals surface area contributed by atoms with Crippen LogP contribution in [0.3, 0.4) is 0 Å². The van der Waals surface area contributed by atoms with Gasteiger partial charge in [-0.25, -0.2) is 9.97 Å². The highest BCUT2D eigenvalue weighted by atomic mass is 16.3. The summed E-state index contributed by atoms with van der Waals surface area (Å²) in [5.74, 6) is 1.70. The quantitative estimate of drug-likeness (QED) is 0.689. The maximum atomic E-state index is 12.6. The van der Waals surface area contributed by atoms with Gasteiger partial charge in [-0.1, -0.05) is 39.0 Å². The highest BCUT2D eigenvalue weighted by Gasteiger charge is 2.30. The zero-order valence-corrected chi connectivity index (χ0v) is 18.0. The number of amides is 1. The number of phenolic OH excluding ortho intramolecular Hbond substituents is 1. The van der Waals surface area contributed by atoms with Crippen molar-refractivity contribution in [3.8, 4) is 17.1 Å². The Morgan fingerprint density at radius 1 is 1.03 bits per heavy atom. The Morgan fingerprint density at radius 3 is 2.40 bits per heavy atom. The van der Waals surface area contributed by atoms with E-state index < -0.39 is 0 Å². The molecule has 158 valence electrons. The van der Waals surface area contributed by atoms with Gasteiger partial charge in [0.05, 0.1) is 11.1 Å². The number of para-hydroxylation sites is 1. The standard InChI is InChI=1S/C24H28N4O2.H2/c1-16-9-10-17-19(15-16)25-21(18-7-5-6-8-20(18)29)26-22(17)27-11-13-28(14-12-27)23(30)24(2,3)4;/h5-10,15,29H,11-14H2,1-4H3;1H.